The first-order valence-corrected chi connectivity index (χ1v) is 5.40. The summed E-state index contributed by atoms with van der Waals surface area (Å²) in [6.45, 7) is 0. The Hall–Kier alpha value is -2.14. The molecule has 0 saturated heterocycles. The molecule has 18 heavy (non-hydrogen) atoms. The minimum Gasteiger partial charge on any atom is -0.479 e. The van der Waals surface area contributed by atoms with Crippen LogP contribution in [-0.2, 0) is 0 Å². The van der Waals surface area contributed by atoms with Gasteiger partial charge in [-0.3, -0.25) is 0 Å². The number of carbonyl (C=O) groups is 1. The average Bonchev–Trinajstić information content (AvgIpc) is 2.38. The van der Waals surface area contributed by atoms with Crippen molar-refractivity contribution in [3.8, 4) is 17.0 Å². The van der Waals surface area contributed by atoms with Crippen LogP contribution in [0.15, 0.2) is 30.5 Å². The van der Waals surface area contributed by atoms with Crippen LogP contribution in [0.2, 0.25) is 5.02 Å². The molecule has 0 aliphatic rings. The van der Waals surface area contributed by atoms with Crippen molar-refractivity contribution >= 4 is 17.6 Å². The summed E-state index contributed by atoms with van der Waals surface area (Å²) >= 11 is 6.05. The Labute approximate surface area is 108 Å². The molecule has 1 aromatic carbocycles. The fraction of sp³-hybridized carbons (Fsp3) is 0.0833. The maximum Gasteiger partial charge on any atom is 0.341 e. The molecule has 1 aromatic heterocycles. The number of hydrogen-bond donors (Lipinski definition) is 1. The largest absolute Gasteiger partial charge is 0.479 e. The van der Waals surface area contributed by atoms with Crippen LogP contribution in [0.3, 0.4) is 0 Å². The van der Waals surface area contributed by atoms with Gasteiger partial charge in [-0.25, -0.2) is 4.79 Å². The van der Waals surface area contributed by atoms with Crippen LogP contribution in [0.4, 0.5) is 0 Å². The molecule has 1 heterocycles. The maximum atomic E-state index is 11.3. The standard InChI is InChI=1S/C12H9ClN2O3/c1-18-11-10(12(16)17)8(6-14-15-11)7-4-2-3-5-9(7)13/h2-6H,1H3,(H,16,17). The van der Waals surface area contributed by atoms with E-state index >= 15 is 0 Å². The van der Waals surface area contributed by atoms with E-state index in [0.717, 1.165) is 0 Å². The number of aromatic nitrogens is 2. The van der Waals surface area contributed by atoms with E-state index in [4.69, 9.17) is 16.3 Å². The summed E-state index contributed by atoms with van der Waals surface area (Å²) in [6, 6.07) is 6.92. The zero-order valence-corrected chi connectivity index (χ0v) is 10.2. The summed E-state index contributed by atoms with van der Waals surface area (Å²) in [5.41, 5.74) is 0.894. The fourth-order valence-electron chi connectivity index (χ4n) is 1.60. The van der Waals surface area contributed by atoms with Gasteiger partial charge in [-0.05, 0) is 6.07 Å². The Bertz CT molecular complexity index is 602. The highest BCUT2D eigenvalue weighted by molar-refractivity contribution is 6.33. The van der Waals surface area contributed by atoms with E-state index in [-0.39, 0.29) is 11.4 Å². The van der Waals surface area contributed by atoms with Gasteiger partial charge in [0.05, 0.1) is 13.3 Å². The molecule has 6 heteroatoms. The SMILES string of the molecule is COc1nncc(-c2ccccc2Cl)c1C(=O)O. The Balaban J connectivity index is 2.72. The first-order chi connectivity index (χ1) is 8.65. The van der Waals surface area contributed by atoms with Crippen LogP contribution in [-0.4, -0.2) is 28.4 Å². The maximum absolute atomic E-state index is 11.3. The summed E-state index contributed by atoms with van der Waals surface area (Å²) in [7, 11) is 1.34. The third kappa shape index (κ3) is 2.12. The summed E-state index contributed by atoms with van der Waals surface area (Å²) in [5, 5.41) is 17.0. The van der Waals surface area contributed by atoms with Gasteiger partial charge in [-0.15, -0.1) is 5.10 Å². The molecule has 0 unspecified atom stereocenters. The van der Waals surface area contributed by atoms with E-state index in [1.54, 1.807) is 24.3 Å². The number of benzene rings is 1. The smallest absolute Gasteiger partial charge is 0.341 e. The van der Waals surface area contributed by atoms with Crippen molar-refractivity contribution in [3.63, 3.8) is 0 Å². The van der Waals surface area contributed by atoms with E-state index in [2.05, 4.69) is 10.2 Å². The molecule has 0 aliphatic carbocycles. The molecule has 92 valence electrons. The molecule has 5 nitrogen and oxygen atoms in total. The van der Waals surface area contributed by atoms with Gasteiger partial charge in [0.2, 0.25) is 5.88 Å². The Morgan fingerprint density at radius 2 is 2.06 bits per heavy atom. The first kappa shape index (κ1) is 12.3. The molecule has 0 aliphatic heterocycles. The predicted molar refractivity (Wildman–Crippen MR) is 66.0 cm³/mol. The van der Waals surface area contributed by atoms with Crippen molar-refractivity contribution in [2.75, 3.05) is 7.11 Å². The normalized spacial score (nSPS) is 10.1. The zero-order chi connectivity index (χ0) is 13.1. The molecule has 0 amide bonds. The van der Waals surface area contributed by atoms with E-state index in [1.807, 2.05) is 0 Å². The van der Waals surface area contributed by atoms with Crippen LogP contribution >= 0.6 is 11.6 Å². The number of carboxylic acids is 1. The highest BCUT2D eigenvalue weighted by Crippen LogP contribution is 2.32. The van der Waals surface area contributed by atoms with Crippen molar-refractivity contribution in [1.29, 1.82) is 0 Å². The fourth-order valence-corrected chi connectivity index (χ4v) is 1.84. The molecular formula is C12H9ClN2O3. The third-order valence-electron chi connectivity index (χ3n) is 2.39. The summed E-state index contributed by atoms with van der Waals surface area (Å²) in [4.78, 5) is 11.3. The van der Waals surface area contributed by atoms with Gasteiger partial charge in [0, 0.05) is 16.1 Å². The topological polar surface area (TPSA) is 72.3 Å². The monoisotopic (exact) mass is 264 g/mol. The van der Waals surface area contributed by atoms with Gasteiger partial charge in [-0.2, -0.15) is 5.10 Å². The Kier molecular flexibility index (Phi) is 3.43. The van der Waals surface area contributed by atoms with Crippen molar-refractivity contribution in [1.82, 2.24) is 10.2 Å². The van der Waals surface area contributed by atoms with E-state index in [9.17, 15) is 9.90 Å². The van der Waals surface area contributed by atoms with Gasteiger partial charge in [0.1, 0.15) is 5.56 Å². The molecule has 0 radical (unpaired) electrons. The molecule has 1 N–H and O–H groups in total. The first-order valence-electron chi connectivity index (χ1n) is 5.03. The van der Waals surface area contributed by atoms with Crippen LogP contribution in [0, 0.1) is 0 Å². The van der Waals surface area contributed by atoms with Crippen LogP contribution < -0.4 is 4.74 Å². The second-order valence-electron chi connectivity index (χ2n) is 3.43. The van der Waals surface area contributed by atoms with Crippen LogP contribution in [0.1, 0.15) is 10.4 Å². The summed E-state index contributed by atoms with van der Waals surface area (Å²) in [6.07, 6.45) is 1.35. The highest BCUT2D eigenvalue weighted by atomic mass is 35.5. The molecule has 0 spiro atoms. The van der Waals surface area contributed by atoms with E-state index < -0.39 is 5.97 Å². The lowest BCUT2D eigenvalue weighted by molar-refractivity contribution is 0.0693. The third-order valence-corrected chi connectivity index (χ3v) is 2.72. The van der Waals surface area contributed by atoms with Crippen molar-refractivity contribution < 1.29 is 14.6 Å². The number of aromatic carboxylic acids is 1. The number of hydrogen-bond acceptors (Lipinski definition) is 4. The number of halogens is 1. The molecular weight excluding hydrogens is 256 g/mol. The van der Waals surface area contributed by atoms with Gasteiger partial charge in [0.15, 0.2) is 0 Å². The summed E-state index contributed by atoms with van der Waals surface area (Å²) in [5.74, 6) is -1.18. The lowest BCUT2D eigenvalue weighted by Crippen LogP contribution is -2.06. The lowest BCUT2D eigenvalue weighted by atomic mass is 10.0. The average molecular weight is 265 g/mol. The van der Waals surface area contributed by atoms with E-state index in [1.165, 1.54) is 13.3 Å². The summed E-state index contributed by atoms with van der Waals surface area (Å²) < 4.78 is 4.91. The Morgan fingerprint density at radius 1 is 1.33 bits per heavy atom. The lowest BCUT2D eigenvalue weighted by Gasteiger charge is -2.09. The molecule has 0 bridgehead atoms. The quantitative estimate of drug-likeness (QED) is 0.922. The minimum absolute atomic E-state index is 0.0417. The molecule has 0 fully saturated rings. The van der Waals surface area contributed by atoms with Crippen molar-refractivity contribution in [3.05, 3.63) is 41.0 Å². The van der Waals surface area contributed by atoms with E-state index in [0.29, 0.717) is 16.1 Å². The molecule has 2 aromatic rings. The minimum atomic E-state index is -1.14. The van der Waals surface area contributed by atoms with Gasteiger partial charge < -0.3 is 9.84 Å². The van der Waals surface area contributed by atoms with Crippen LogP contribution in [0.5, 0.6) is 5.88 Å². The second kappa shape index (κ2) is 5.01. The van der Waals surface area contributed by atoms with Crippen molar-refractivity contribution in [2.24, 2.45) is 0 Å². The molecule has 0 saturated carbocycles. The van der Waals surface area contributed by atoms with Gasteiger partial charge in [0.25, 0.3) is 0 Å². The number of methoxy groups -OCH3 is 1. The predicted octanol–water partition coefficient (Wildman–Crippen LogP) is 2.50. The van der Waals surface area contributed by atoms with Gasteiger partial charge in [-0.1, -0.05) is 29.8 Å². The number of ether oxygens (including phenoxy) is 1. The second-order valence-corrected chi connectivity index (χ2v) is 3.83. The van der Waals surface area contributed by atoms with Crippen LogP contribution in [0.25, 0.3) is 11.1 Å². The van der Waals surface area contributed by atoms with Crippen molar-refractivity contribution in [2.45, 2.75) is 0 Å². The molecule has 0 atom stereocenters. The number of carboxylic acid groups (broad SMARTS) is 1. The number of nitrogens with zero attached hydrogens (tertiary/aromatic N) is 2. The zero-order valence-electron chi connectivity index (χ0n) is 9.42. The molecule has 2 rings (SSSR count). The number of rotatable bonds is 3. The highest BCUT2D eigenvalue weighted by Gasteiger charge is 2.20. The Morgan fingerprint density at radius 3 is 2.67 bits per heavy atom. The van der Waals surface area contributed by atoms with Gasteiger partial charge >= 0.3 is 5.97 Å².